The van der Waals surface area contributed by atoms with Crippen molar-refractivity contribution in [2.45, 2.75) is 44.4 Å². The molecule has 94 valence electrons. The van der Waals surface area contributed by atoms with Gasteiger partial charge < -0.3 is 15.2 Å². The summed E-state index contributed by atoms with van der Waals surface area (Å²) in [7, 11) is 1.62. The Kier molecular flexibility index (Phi) is 4.34. The Bertz CT molecular complexity index is 357. The highest BCUT2D eigenvalue weighted by molar-refractivity contribution is 5.15. The van der Waals surface area contributed by atoms with Crippen molar-refractivity contribution in [1.82, 2.24) is 4.98 Å². The second-order valence-electron chi connectivity index (χ2n) is 4.47. The molecule has 1 aliphatic carbocycles. The maximum absolute atomic E-state index is 6.03. The Morgan fingerprint density at radius 2 is 2.18 bits per heavy atom. The zero-order valence-corrected chi connectivity index (χ0v) is 10.3. The molecule has 1 fully saturated rings. The fourth-order valence-electron chi connectivity index (χ4n) is 2.18. The lowest BCUT2D eigenvalue weighted by atomic mass is 9.93. The van der Waals surface area contributed by atoms with E-state index in [1.165, 1.54) is 12.8 Å². The van der Waals surface area contributed by atoms with Crippen molar-refractivity contribution in [2.24, 2.45) is 5.73 Å². The summed E-state index contributed by atoms with van der Waals surface area (Å²) in [4.78, 5) is 4.31. The molecule has 0 bridgehead atoms. The molecule has 0 saturated heterocycles. The van der Waals surface area contributed by atoms with Crippen LogP contribution >= 0.6 is 0 Å². The van der Waals surface area contributed by atoms with Crippen molar-refractivity contribution >= 4 is 0 Å². The number of methoxy groups -OCH3 is 1. The molecule has 4 heteroatoms. The molecule has 1 saturated carbocycles. The van der Waals surface area contributed by atoms with Crippen LogP contribution in [-0.2, 0) is 11.3 Å². The molecule has 2 rings (SSSR count). The smallest absolute Gasteiger partial charge is 0.213 e. The van der Waals surface area contributed by atoms with Gasteiger partial charge in [-0.2, -0.15) is 0 Å². The summed E-state index contributed by atoms with van der Waals surface area (Å²) >= 11 is 0. The molecule has 1 aromatic rings. The average Bonchev–Trinajstić information content (AvgIpc) is 2.38. The summed E-state index contributed by atoms with van der Waals surface area (Å²) < 4.78 is 10.9. The first kappa shape index (κ1) is 12.3. The molecular formula is C13H20N2O2. The second kappa shape index (κ2) is 5.98. The van der Waals surface area contributed by atoms with Crippen LogP contribution in [0.4, 0.5) is 0 Å². The fourth-order valence-corrected chi connectivity index (χ4v) is 2.18. The normalized spacial score (nSPS) is 24.6. The topological polar surface area (TPSA) is 57.4 Å². The van der Waals surface area contributed by atoms with Gasteiger partial charge in [0.15, 0.2) is 0 Å². The van der Waals surface area contributed by atoms with Gasteiger partial charge in [-0.3, -0.25) is 0 Å². The highest BCUT2D eigenvalue weighted by Crippen LogP contribution is 2.20. The molecular weight excluding hydrogens is 216 g/mol. The van der Waals surface area contributed by atoms with Gasteiger partial charge in [0.2, 0.25) is 5.88 Å². The van der Waals surface area contributed by atoms with Crippen LogP contribution in [0, 0.1) is 0 Å². The minimum absolute atomic E-state index is 0.175. The van der Waals surface area contributed by atoms with Crippen LogP contribution in [0.15, 0.2) is 18.2 Å². The lowest BCUT2D eigenvalue weighted by Gasteiger charge is -2.28. The largest absolute Gasteiger partial charge is 0.481 e. The van der Waals surface area contributed by atoms with E-state index in [1.54, 1.807) is 7.11 Å². The van der Waals surface area contributed by atoms with E-state index in [2.05, 4.69) is 4.98 Å². The second-order valence-corrected chi connectivity index (χ2v) is 4.47. The number of nitrogens with zero attached hydrogens (tertiary/aromatic N) is 1. The molecule has 17 heavy (non-hydrogen) atoms. The van der Waals surface area contributed by atoms with Crippen LogP contribution < -0.4 is 10.5 Å². The Morgan fingerprint density at radius 3 is 2.94 bits per heavy atom. The Labute approximate surface area is 102 Å². The monoisotopic (exact) mass is 236 g/mol. The van der Waals surface area contributed by atoms with Gasteiger partial charge in [-0.25, -0.2) is 4.98 Å². The van der Waals surface area contributed by atoms with Gasteiger partial charge in [-0.1, -0.05) is 18.9 Å². The van der Waals surface area contributed by atoms with Crippen LogP contribution in [0.1, 0.15) is 31.4 Å². The first-order valence-corrected chi connectivity index (χ1v) is 6.16. The molecule has 1 aliphatic rings. The predicted molar refractivity (Wildman–Crippen MR) is 65.8 cm³/mol. The molecule has 0 spiro atoms. The van der Waals surface area contributed by atoms with E-state index in [0.717, 1.165) is 18.5 Å². The van der Waals surface area contributed by atoms with Gasteiger partial charge in [0.25, 0.3) is 0 Å². The van der Waals surface area contributed by atoms with E-state index < -0.39 is 0 Å². The molecule has 1 heterocycles. The van der Waals surface area contributed by atoms with E-state index in [1.807, 2.05) is 18.2 Å². The van der Waals surface area contributed by atoms with Gasteiger partial charge in [0, 0.05) is 12.1 Å². The molecule has 0 aromatic carbocycles. The van der Waals surface area contributed by atoms with E-state index in [-0.39, 0.29) is 12.1 Å². The zero-order valence-electron chi connectivity index (χ0n) is 10.3. The lowest BCUT2D eigenvalue weighted by molar-refractivity contribution is 0.00242. The number of hydrogen-bond acceptors (Lipinski definition) is 4. The van der Waals surface area contributed by atoms with Crippen molar-refractivity contribution in [2.75, 3.05) is 7.11 Å². The summed E-state index contributed by atoms with van der Waals surface area (Å²) in [5.41, 5.74) is 6.92. The third kappa shape index (κ3) is 3.41. The molecule has 2 N–H and O–H groups in total. The number of pyridine rings is 1. The fraction of sp³-hybridized carbons (Fsp3) is 0.615. The van der Waals surface area contributed by atoms with Gasteiger partial charge in [0.1, 0.15) is 0 Å². The molecule has 4 nitrogen and oxygen atoms in total. The highest BCUT2D eigenvalue weighted by Gasteiger charge is 2.22. The highest BCUT2D eigenvalue weighted by atomic mass is 16.5. The number of nitrogens with two attached hydrogens (primary N) is 1. The SMILES string of the molecule is COc1cccc(COC2CCCCC2N)n1. The molecule has 2 unspecified atom stereocenters. The number of aromatic nitrogens is 1. The Hall–Kier alpha value is -1.13. The van der Waals surface area contributed by atoms with Crippen molar-refractivity contribution in [1.29, 1.82) is 0 Å². The van der Waals surface area contributed by atoms with Gasteiger partial charge in [-0.15, -0.1) is 0 Å². The predicted octanol–water partition coefficient (Wildman–Crippen LogP) is 1.88. The number of rotatable bonds is 4. The molecule has 2 atom stereocenters. The summed E-state index contributed by atoms with van der Waals surface area (Å²) in [6.45, 7) is 0.509. The van der Waals surface area contributed by atoms with E-state index in [9.17, 15) is 0 Å². The van der Waals surface area contributed by atoms with Crippen molar-refractivity contribution in [3.63, 3.8) is 0 Å². The van der Waals surface area contributed by atoms with Crippen LogP contribution in [-0.4, -0.2) is 24.2 Å². The summed E-state index contributed by atoms with van der Waals surface area (Å²) in [6, 6.07) is 5.87. The summed E-state index contributed by atoms with van der Waals surface area (Å²) in [5.74, 6) is 0.624. The Balaban J connectivity index is 1.88. The number of hydrogen-bond donors (Lipinski definition) is 1. The third-order valence-electron chi connectivity index (χ3n) is 3.19. The van der Waals surface area contributed by atoms with Gasteiger partial charge in [-0.05, 0) is 18.9 Å². The summed E-state index contributed by atoms with van der Waals surface area (Å²) in [5, 5.41) is 0. The van der Waals surface area contributed by atoms with Gasteiger partial charge >= 0.3 is 0 Å². The third-order valence-corrected chi connectivity index (χ3v) is 3.19. The van der Waals surface area contributed by atoms with Crippen LogP contribution in [0.5, 0.6) is 5.88 Å². The minimum atomic E-state index is 0.175. The zero-order chi connectivity index (χ0) is 12.1. The molecule has 0 radical (unpaired) electrons. The standard InChI is InChI=1S/C13H20N2O2/c1-16-13-8-4-5-10(15-13)9-17-12-7-3-2-6-11(12)14/h4-5,8,11-12H,2-3,6-7,9,14H2,1H3. The van der Waals surface area contributed by atoms with E-state index in [4.69, 9.17) is 15.2 Å². The first-order chi connectivity index (χ1) is 8.29. The van der Waals surface area contributed by atoms with Crippen molar-refractivity contribution in [3.05, 3.63) is 23.9 Å². The first-order valence-electron chi connectivity index (χ1n) is 6.16. The maximum Gasteiger partial charge on any atom is 0.213 e. The van der Waals surface area contributed by atoms with E-state index in [0.29, 0.717) is 12.5 Å². The maximum atomic E-state index is 6.03. The average molecular weight is 236 g/mol. The van der Waals surface area contributed by atoms with Crippen molar-refractivity contribution in [3.8, 4) is 5.88 Å². The number of ether oxygens (including phenoxy) is 2. The lowest BCUT2D eigenvalue weighted by Crippen LogP contribution is -2.39. The van der Waals surface area contributed by atoms with Crippen LogP contribution in [0.2, 0.25) is 0 Å². The van der Waals surface area contributed by atoms with Gasteiger partial charge in [0.05, 0.1) is 25.5 Å². The van der Waals surface area contributed by atoms with E-state index >= 15 is 0 Å². The quantitative estimate of drug-likeness (QED) is 0.867. The van der Waals surface area contributed by atoms with Crippen LogP contribution in [0.25, 0.3) is 0 Å². The minimum Gasteiger partial charge on any atom is -0.481 e. The van der Waals surface area contributed by atoms with Crippen molar-refractivity contribution < 1.29 is 9.47 Å². The van der Waals surface area contributed by atoms with Crippen LogP contribution in [0.3, 0.4) is 0 Å². The molecule has 0 amide bonds. The molecule has 0 aliphatic heterocycles. The summed E-state index contributed by atoms with van der Waals surface area (Å²) in [6.07, 6.45) is 4.74. The molecule has 1 aromatic heterocycles. The Morgan fingerprint density at radius 1 is 1.35 bits per heavy atom.